The first-order chi connectivity index (χ1) is 16.5. The number of alkyl halides is 1. The summed E-state index contributed by atoms with van der Waals surface area (Å²) in [6, 6.07) is 16.4. The van der Waals surface area contributed by atoms with Crippen LogP contribution in [-0.2, 0) is 22.6 Å². The number of esters is 1. The minimum absolute atomic E-state index is 0.0168. The first-order valence-corrected chi connectivity index (χ1v) is 11.0. The zero-order chi connectivity index (χ0) is 24.1. The number of ether oxygens (including phenoxy) is 2. The van der Waals surface area contributed by atoms with E-state index in [0.29, 0.717) is 16.7 Å². The molecule has 0 amide bonds. The van der Waals surface area contributed by atoms with Crippen LogP contribution in [0.1, 0.15) is 29.7 Å². The molecular weight excluding hydrogens is 440 g/mol. The molecule has 4 aromatic rings. The average molecular weight is 465 g/mol. The Morgan fingerprint density at radius 3 is 2.76 bits per heavy atom. The highest BCUT2D eigenvalue weighted by atomic mass is 19.1. The standard InChI is InChI=1S/C27H25F2NO4/c1-2-32-26(31)13-20-6-7-22(29)14-25(20)34-16-17-10-21-8-9-33-27(21)23(11-17)18-4-3-5-19(12-18)24(30)15-28/h3-12,14,24H,2,13,15-16,30H2,1H3. The van der Waals surface area contributed by atoms with Gasteiger partial charge in [0, 0.05) is 22.6 Å². The zero-order valence-corrected chi connectivity index (χ0v) is 18.7. The van der Waals surface area contributed by atoms with Gasteiger partial charge in [-0.1, -0.05) is 24.3 Å². The van der Waals surface area contributed by atoms with Crippen molar-refractivity contribution < 1.29 is 27.5 Å². The topological polar surface area (TPSA) is 74.7 Å². The van der Waals surface area contributed by atoms with Gasteiger partial charge in [0.2, 0.25) is 0 Å². The monoisotopic (exact) mass is 465 g/mol. The number of hydrogen-bond donors (Lipinski definition) is 1. The number of furan rings is 1. The molecule has 0 aliphatic heterocycles. The molecule has 0 radical (unpaired) electrons. The fraction of sp³-hybridized carbons (Fsp3) is 0.222. The molecule has 1 aromatic heterocycles. The van der Waals surface area contributed by atoms with Crippen molar-refractivity contribution in [3.05, 3.63) is 89.4 Å². The van der Waals surface area contributed by atoms with Crippen LogP contribution in [0.25, 0.3) is 22.1 Å². The lowest BCUT2D eigenvalue weighted by Crippen LogP contribution is -2.11. The van der Waals surface area contributed by atoms with E-state index in [-0.39, 0.29) is 25.4 Å². The quantitative estimate of drug-likeness (QED) is 0.312. The molecule has 4 rings (SSSR count). The third-order valence-electron chi connectivity index (χ3n) is 5.47. The van der Waals surface area contributed by atoms with Gasteiger partial charge in [-0.15, -0.1) is 0 Å². The highest BCUT2D eigenvalue weighted by Crippen LogP contribution is 2.33. The molecule has 5 nitrogen and oxygen atoms in total. The summed E-state index contributed by atoms with van der Waals surface area (Å²) in [4.78, 5) is 11.9. The Balaban J connectivity index is 1.64. The van der Waals surface area contributed by atoms with Crippen LogP contribution in [-0.4, -0.2) is 19.3 Å². The van der Waals surface area contributed by atoms with Crippen LogP contribution in [0.5, 0.6) is 5.75 Å². The molecule has 0 aliphatic rings. The molecule has 2 N–H and O–H groups in total. The Kier molecular flexibility index (Phi) is 7.23. The smallest absolute Gasteiger partial charge is 0.310 e. The minimum atomic E-state index is -0.704. The molecule has 0 fully saturated rings. The lowest BCUT2D eigenvalue weighted by Gasteiger charge is -2.14. The van der Waals surface area contributed by atoms with E-state index in [1.807, 2.05) is 36.4 Å². The van der Waals surface area contributed by atoms with Gasteiger partial charge in [-0.25, -0.2) is 8.78 Å². The van der Waals surface area contributed by atoms with Gasteiger partial charge in [-0.2, -0.15) is 0 Å². The second kappa shape index (κ2) is 10.5. The van der Waals surface area contributed by atoms with Crippen molar-refractivity contribution in [3.8, 4) is 16.9 Å². The van der Waals surface area contributed by atoms with E-state index in [9.17, 15) is 13.6 Å². The molecule has 176 valence electrons. The van der Waals surface area contributed by atoms with Crippen molar-refractivity contribution >= 4 is 16.9 Å². The van der Waals surface area contributed by atoms with Crippen molar-refractivity contribution in [2.75, 3.05) is 13.3 Å². The van der Waals surface area contributed by atoms with Crippen molar-refractivity contribution in [2.24, 2.45) is 5.73 Å². The summed E-state index contributed by atoms with van der Waals surface area (Å²) in [7, 11) is 0. The van der Waals surface area contributed by atoms with Gasteiger partial charge in [-0.3, -0.25) is 4.79 Å². The number of halogens is 2. The lowest BCUT2D eigenvalue weighted by molar-refractivity contribution is -0.142. The van der Waals surface area contributed by atoms with E-state index in [1.54, 1.807) is 19.3 Å². The van der Waals surface area contributed by atoms with Crippen molar-refractivity contribution in [2.45, 2.75) is 26.0 Å². The summed E-state index contributed by atoms with van der Waals surface area (Å²) in [5.41, 5.74) is 10.2. The molecule has 0 saturated carbocycles. The Labute approximate surface area is 196 Å². The fourth-order valence-corrected chi connectivity index (χ4v) is 3.81. The number of fused-ring (bicyclic) bond motifs is 1. The van der Waals surface area contributed by atoms with Crippen LogP contribution in [0, 0.1) is 5.82 Å². The maximum atomic E-state index is 13.9. The largest absolute Gasteiger partial charge is 0.488 e. The van der Waals surface area contributed by atoms with E-state index in [1.165, 1.54) is 18.2 Å². The summed E-state index contributed by atoms with van der Waals surface area (Å²) in [6.45, 7) is 1.47. The van der Waals surface area contributed by atoms with Gasteiger partial charge >= 0.3 is 5.97 Å². The lowest BCUT2D eigenvalue weighted by atomic mass is 9.97. The number of hydrogen-bond acceptors (Lipinski definition) is 5. The number of carbonyl (C=O) groups excluding carboxylic acids is 1. The molecule has 34 heavy (non-hydrogen) atoms. The van der Waals surface area contributed by atoms with Crippen molar-refractivity contribution in [1.82, 2.24) is 0 Å². The van der Waals surface area contributed by atoms with Crippen LogP contribution < -0.4 is 10.5 Å². The number of carbonyl (C=O) groups is 1. The molecule has 7 heteroatoms. The first kappa shape index (κ1) is 23.4. The van der Waals surface area contributed by atoms with Crippen LogP contribution in [0.2, 0.25) is 0 Å². The van der Waals surface area contributed by atoms with Gasteiger partial charge in [-0.05, 0) is 53.9 Å². The normalized spacial score (nSPS) is 12.0. The number of rotatable bonds is 9. The van der Waals surface area contributed by atoms with Crippen molar-refractivity contribution in [3.63, 3.8) is 0 Å². The fourth-order valence-electron chi connectivity index (χ4n) is 3.81. The van der Waals surface area contributed by atoms with Gasteiger partial charge in [0.15, 0.2) is 0 Å². The Morgan fingerprint density at radius 2 is 1.97 bits per heavy atom. The van der Waals surface area contributed by atoms with Crippen LogP contribution in [0.3, 0.4) is 0 Å². The van der Waals surface area contributed by atoms with E-state index in [4.69, 9.17) is 19.6 Å². The number of nitrogens with two attached hydrogens (primary N) is 1. The van der Waals surface area contributed by atoms with E-state index >= 15 is 0 Å². The van der Waals surface area contributed by atoms with E-state index in [2.05, 4.69) is 0 Å². The maximum Gasteiger partial charge on any atom is 0.310 e. The summed E-state index contributed by atoms with van der Waals surface area (Å²) in [5.74, 6) is -0.597. The van der Waals surface area contributed by atoms with Gasteiger partial charge in [0.1, 0.15) is 30.4 Å². The Hall–Kier alpha value is -3.71. The summed E-state index contributed by atoms with van der Waals surface area (Å²) < 4.78 is 43.6. The SMILES string of the molecule is CCOC(=O)Cc1ccc(F)cc1OCc1cc(-c2cccc(C(N)CF)c2)c2occc2c1. The Bertz CT molecular complexity index is 1300. The van der Waals surface area contributed by atoms with Crippen LogP contribution in [0.15, 0.2) is 71.3 Å². The van der Waals surface area contributed by atoms with Crippen molar-refractivity contribution in [1.29, 1.82) is 0 Å². The molecule has 0 aliphatic carbocycles. The second-order valence-electron chi connectivity index (χ2n) is 7.89. The predicted octanol–water partition coefficient (Wildman–Crippen LogP) is 5.89. The molecule has 1 atom stereocenters. The number of benzene rings is 3. The highest BCUT2D eigenvalue weighted by Gasteiger charge is 2.15. The second-order valence-corrected chi connectivity index (χ2v) is 7.89. The van der Waals surface area contributed by atoms with Crippen LogP contribution in [0.4, 0.5) is 8.78 Å². The molecule has 3 aromatic carbocycles. The van der Waals surface area contributed by atoms with E-state index < -0.39 is 24.5 Å². The maximum absolute atomic E-state index is 13.9. The van der Waals surface area contributed by atoms with Gasteiger partial charge < -0.3 is 19.6 Å². The molecule has 1 unspecified atom stereocenters. The summed E-state index contributed by atoms with van der Waals surface area (Å²) >= 11 is 0. The zero-order valence-electron chi connectivity index (χ0n) is 18.7. The van der Waals surface area contributed by atoms with E-state index in [0.717, 1.165) is 22.1 Å². The average Bonchev–Trinajstić information content (AvgIpc) is 3.32. The van der Waals surface area contributed by atoms with Gasteiger partial charge in [0.05, 0.1) is 25.3 Å². The molecule has 0 saturated heterocycles. The Morgan fingerprint density at radius 1 is 1.12 bits per heavy atom. The van der Waals surface area contributed by atoms with Gasteiger partial charge in [0.25, 0.3) is 0 Å². The van der Waals surface area contributed by atoms with Crippen LogP contribution >= 0.6 is 0 Å². The minimum Gasteiger partial charge on any atom is -0.488 e. The summed E-state index contributed by atoms with van der Waals surface area (Å²) in [6.07, 6.45) is 1.58. The third kappa shape index (κ3) is 5.26. The molecule has 0 bridgehead atoms. The molecular formula is C27H25F2NO4. The molecule has 0 spiro atoms. The first-order valence-electron chi connectivity index (χ1n) is 11.0. The highest BCUT2D eigenvalue weighted by molar-refractivity contribution is 5.93. The summed E-state index contributed by atoms with van der Waals surface area (Å²) in [5, 5.41) is 0.863. The third-order valence-corrected chi connectivity index (χ3v) is 5.47. The predicted molar refractivity (Wildman–Crippen MR) is 126 cm³/mol. The molecule has 1 heterocycles.